The molecule has 1 aromatic rings. The second-order valence-electron chi connectivity index (χ2n) is 6.96. The summed E-state index contributed by atoms with van der Waals surface area (Å²) in [6.07, 6.45) is 0.347. The van der Waals surface area contributed by atoms with Gasteiger partial charge in [0.25, 0.3) is 0 Å². The fourth-order valence-electron chi connectivity index (χ4n) is 2.23. The maximum atomic E-state index is 11.9. The average Bonchev–Trinajstić information content (AvgIpc) is 2.36. The van der Waals surface area contributed by atoms with Crippen molar-refractivity contribution in [2.45, 2.75) is 52.1 Å². The normalized spacial score (nSPS) is 12.0. The smallest absolute Gasteiger partial charge is 0.412 e. The molecule has 0 aromatic heterocycles. The highest BCUT2D eigenvalue weighted by Crippen LogP contribution is 2.36. The first-order valence-electron chi connectivity index (χ1n) is 7.47. The number of hydrogen-bond acceptors (Lipinski definition) is 4. The van der Waals surface area contributed by atoms with Gasteiger partial charge in [0.1, 0.15) is 11.4 Å². The Bertz CT molecular complexity index is 519. The number of ether oxygens (including phenoxy) is 2. The van der Waals surface area contributed by atoms with Crippen LogP contribution in [0.4, 0.5) is 10.5 Å². The summed E-state index contributed by atoms with van der Waals surface area (Å²) in [6.45, 7) is 10.3. The van der Waals surface area contributed by atoms with Gasteiger partial charge in [-0.2, -0.15) is 0 Å². The van der Waals surface area contributed by atoms with Crippen molar-refractivity contribution in [2.24, 2.45) is 5.73 Å². The first-order chi connectivity index (χ1) is 10.1. The minimum absolute atomic E-state index is 0.147. The lowest BCUT2D eigenvalue weighted by Crippen LogP contribution is -2.27. The van der Waals surface area contributed by atoms with Crippen LogP contribution in [0.15, 0.2) is 18.2 Å². The van der Waals surface area contributed by atoms with Crippen molar-refractivity contribution in [2.75, 3.05) is 19.0 Å². The molecule has 0 aliphatic carbocycles. The van der Waals surface area contributed by atoms with Gasteiger partial charge in [0.15, 0.2) is 0 Å². The molecule has 0 aliphatic rings. The Morgan fingerprint density at radius 2 is 1.86 bits per heavy atom. The zero-order valence-electron chi connectivity index (χ0n) is 14.4. The van der Waals surface area contributed by atoms with Gasteiger partial charge in [0.2, 0.25) is 0 Å². The van der Waals surface area contributed by atoms with Crippen LogP contribution in [0.5, 0.6) is 5.75 Å². The van der Waals surface area contributed by atoms with Gasteiger partial charge in [0.05, 0.1) is 7.11 Å². The van der Waals surface area contributed by atoms with Gasteiger partial charge in [0, 0.05) is 11.3 Å². The van der Waals surface area contributed by atoms with E-state index in [2.05, 4.69) is 19.2 Å². The van der Waals surface area contributed by atoms with Gasteiger partial charge < -0.3 is 15.2 Å². The molecule has 1 rings (SSSR count). The summed E-state index contributed by atoms with van der Waals surface area (Å²) in [4.78, 5) is 11.9. The van der Waals surface area contributed by atoms with Gasteiger partial charge in [-0.3, -0.25) is 5.32 Å². The number of benzene rings is 1. The van der Waals surface area contributed by atoms with E-state index in [9.17, 15) is 4.79 Å². The Hall–Kier alpha value is -1.75. The Labute approximate surface area is 133 Å². The maximum Gasteiger partial charge on any atom is 0.412 e. The van der Waals surface area contributed by atoms with E-state index in [1.165, 1.54) is 0 Å². The molecule has 0 unspecified atom stereocenters. The molecule has 0 saturated heterocycles. The molecule has 5 nitrogen and oxygen atoms in total. The zero-order valence-corrected chi connectivity index (χ0v) is 14.4. The monoisotopic (exact) mass is 308 g/mol. The number of nitrogens with two attached hydrogens (primary N) is 1. The summed E-state index contributed by atoms with van der Waals surface area (Å²) in [6, 6.07) is 5.56. The van der Waals surface area contributed by atoms with Crippen LogP contribution in [0.2, 0.25) is 0 Å². The number of hydrogen-bond donors (Lipinski definition) is 2. The lowest BCUT2D eigenvalue weighted by Gasteiger charge is -2.27. The average molecular weight is 308 g/mol. The van der Waals surface area contributed by atoms with E-state index in [1.807, 2.05) is 32.9 Å². The molecule has 5 heteroatoms. The van der Waals surface area contributed by atoms with Crippen molar-refractivity contribution < 1.29 is 14.3 Å². The molecule has 1 amide bonds. The largest absolute Gasteiger partial charge is 0.496 e. The van der Waals surface area contributed by atoms with E-state index in [0.717, 1.165) is 17.7 Å². The molecule has 0 spiro atoms. The van der Waals surface area contributed by atoms with E-state index in [4.69, 9.17) is 15.2 Å². The Balaban J connectivity index is 3.02. The van der Waals surface area contributed by atoms with Crippen LogP contribution < -0.4 is 15.8 Å². The van der Waals surface area contributed by atoms with Crippen molar-refractivity contribution in [3.63, 3.8) is 0 Å². The molecule has 124 valence electrons. The number of nitrogens with one attached hydrogen (secondary N) is 1. The van der Waals surface area contributed by atoms with Crippen LogP contribution in [0.1, 0.15) is 46.6 Å². The summed E-state index contributed by atoms with van der Waals surface area (Å²) < 4.78 is 10.7. The van der Waals surface area contributed by atoms with Crippen LogP contribution in [0.3, 0.4) is 0 Å². The molecule has 0 aliphatic heterocycles. The second kappa shape index (κ2) is 7.01. The summed E-state index contributed by atoms with van der Waals surface area (Å²) in [7, 11) is 1.64. The van der Waals surface area contributed by atoms with Crippen LogP contribution in [-0.4, -0.2) is 25.3 Å². The number of carbonyl (C=O) groups excluding carboxylic acids is 1. The molecule has 22 heavy (non-hydrogen) atoms. The summed E-state index contributed by atoms with van der Waals surface area (Å²) in [5.74, 6) is 0.785. The number of rotatable bonds is 5. The van der Waals surface area contributed by atoms with Gasteiger partial charge in [-0.25, -0.2) is 4.79 Å². The first kappa shape index (κ1) is 18.3. The van der Waals surface area contributed by atoms with Crippen LogP contribution in [0, 0.1) is 0 Å². The van der Waals surface area contributed by atoms with Gasteiger partial charge >= 0.3 is 6.09 Å². The second-order valence-corrected chi connectivity index (χ2v) is 6.96. The quantitative estimate of drug-likeness (QED) is 0.870. The predicted octanol–water partition coefficient (Wildman–Crippen LogP) is 3.67. The molecule has 1 aromatic carbocycles. The third-order valence-corrected chi connectivity index (χ3v) is 3.34. The third kappa shape index (κ3) is 5.22. The zero-order chi connectivity index (χ0) is 17.0. The van der Waals surface area contributed by atoms with E-state index < -0.39 is 11.7 Å². The fourth-order valence-corrected chi connectivity index (χ4v) is 2.23. The molecular weight excluding hydrogens is 280 g/mol. The number of anilines is 1. The van der Waals surface area contributed by atoms with E-state index in [-0.39, 0.29) is 5.41 Å². The predicted molar refractivity (Wildman–Crippen MR) is 89.5 cm³/mol. The molecule has 0 radical (unpaired) electrons. The van der Waals surface area contributed by atoms with Crippen molar-refractivity contribution >= 4 is 11.8 Å². The first-order valence-corrected chi connectivity index (χ1v) is 7.47. The summed E-state index contributed by atoms with van der Waals surface area (Å²) in [5.41, 5.74) is 6.71. The van der Waals surface area contributed by atoms with Gasteiger partial charge in [-0.15, -0.1) is 0 Å². The molecule has 0 heterocycles. The Morgan fingerprint density at radius 3 is 2.36 bits per heavy atom. The van der Waals surface area contributed by atoms with Crippen molar-refractivity contribution in [3.05, 3.63) is 23.8 Å². The van der Waals surface area contributed by atoms with Gasteiger partial charge in [-0.1, -0.05) is 13.8 Å². The molecule has 0 atom stereocenters. The Morgan fingerprint density at radius 1 is 1.23 bits per heavy atom. The van der Waals surface area contributed by atoms with Crippen LogP contribution in [-0.2, 0) is 10.2 Å². The molecule has 0 fully saturated rings. The molecule has 0 bridgehead atoms. The lowest BCUT2D eigenvalue weighted by molar-refractivity contribution is 0.0636. The standard InChI is InChI=1S/C17H28N2O3/c1-16(2,3)22-15(20)19-12-7-8-14(21-6)13(11-12)17(4,5)9-10-18/h7-8,11H,9-10,18H2,1-6H3,(H,19,20). The third-order valence-electron chi connectivity index (χ3n) is 3.34. The van der Waals surface area contributed by atoms with Gasteiger partial charge in [-0.05, 0) is 57.4 Å². The number of carbonyl (C=O) groups is 1. The van der Waals surface area contributed by atoms with Crippen molar-refractivity contribution in [3.8, 4) is 5.75 Å². The number of methoxy groups -OCH3 is 1. The van der Waals surface area contributed by atoms with E-state index in [0.29, 0.717) is 12.2 Å². The minimum atomic E-state index is -0.530. The van der Waals surface area contributed by atoms with Crippen LogP contribution >= 0.6 is 0 Å². The highest BCUT2D eigenvalue weighted by Gasteiger charge is 2.24. The summed E-state index contributed by atoms with van der Waals surface area (Å²) >= 11 is 0. The van der Waals surface area contributed by atoms with Crippen LogP contribution in [0.25, 0.3) is 0 Å². The molecule has 3 N–H and O–H groups in total. The lowest BCUT2D eigenvalue weighted by atomic mass is 9.81. The van der Waals surface area contributed by atoms with Crippen molar-refractivity contribution in [1.82, 2.24) is 0 Å². The summed E-state index contributed by atoms with van der Waals surface area (Å²) in [5, 5.41) is 2.76. The van der Waals surface area contributed by atoms with Crippen molar-refractivity contribution in [1.29, 1.82) is 0 Å². The highest BCUT2D eigenvalue weighted by atomic mass is 16.6. The SMILES string of the molecule is COc1ccc(NC(=O)OC(C)(C)C)cc1C(C)(C)CCN. The highest BCUT2D eigenvalue weighted by molar-refractivity contribution is 5.85. The molecule has 0 saturated carbocycles. The number of amides is 1. The maximum absolute atomic E-state index is 11.9. The van der Waals surface area contributed by atoms with E-state index >= 15 is 0 Å². The minimum Gasteiger partial charge on any atom is -0.496 e. The van der Waals surface area contributed by atoms with E-state index in [1.54, 1.807) is 13.2 Å². The topological polar surface area (TPSA) is 73.6 Å². The Kier molecular flexibility index (Phi) is 5.83. The fraction of sp³-hybridized carbons (Fsp3) is 0.588. The molecular formula is C17H28N2O3.